The summed E-state index contributed by atoms with van der Waals surface area (Å²) in [5, 5.41) is 3.26. The molecule has 10 heavy (non-hydrogen) atoms. The van der Waals surface area contributed by atoms with Crippen molar-refractivity contribution in [2.24, 2.45) is 5.73 Å². The molecular formula is C6H16Cl2N2. The highest BCUT2D eigenvalue weighted by molar-refractivity contribution is 5.85. The predicted molar refractivity (Wildman–Crippen MR) is 49.2 cm³/mol. The van der Waals surface area contributed by atoms with Gasteiger partial charge in [0.2, 0.25) is 0 Å². The lowest BCUT2D eigenvalue weighted by molar-refractivity contribution is 0.337. The van der Waals surface area contributed by atoms with Gasteiger partial charge in [0.1, 0.15) is 0 Å². The molecule has 1 aliphatic rings. The van der Waals surface area contributed by atoms with Crippen molar-refractivity contribution in [1.29, 1.82) is 0 Å². The Kier molecular flexibility index (Phi) is 6.81. The molecule has 0 radical (unpaired) electrons. The minimum absolute atomic E-state index is 0. The lowest BCUT2D eigenvalue weighted by Crippen LogP contribution is -2.46. The highest BCUT2D eigenvalue weighted by atomic mass is 35.5. The molecule has 64 valence electrons. The number of nitrogens with one attached hydrogen (secondary N) is 1. The first kappa shape index (κ1) is 13.1. The zero-order valence-corrected chi connectivity index (χ0v) is 7.86. The maximum atomic E-state index is 5.84. The molecule has 1 rings (SSSR count). The Morgan fingerprint density at radius 1 is 1.20 bits per heavy atom. The summed E-state index contributed by atoms with van der Waals surface area (Å²) in [5.74, 6) is 0. The molecule has 0 saturated carbocycles. The fourth-order valence-corrected chi connectivity index (χ4v) is 0.998. The van der Waals surface area contributed by atoms with E-state index >= 15 is 0 Å². The monoisotopic (exact) mass is 186 g/mol. The SMILES string of the molecule is CC1(N)CCNCC1.Cl.Cl. The van der Waals surface area contributed by atoms with Crippen molar-refractivity contribution in [1.82, 2.24) is 5.32 Å². The Balaban J connectivity index is 0. The molecule has 4 heteroatoms. The van der Waals surface area contributed by atoms with E-state index in [-0.39, 0.29) is 30.4 Å². The number of hydrogen-bond donors (Lipinski definition) is 2. The van der Waals surface area contributed by atoms with Crippen molar-refractivity contribution in [2.75, 3.05) is 13.1 Å². The Hall–Kier alpha value is 0.500. The third kappa shape index (κ3) is 4.34. The predicted octanol–water partition coefficient (Wildman–Crippen LogP) is 0.931. The highest BCUT2D eigenvalue weighted by Gasteiger charge is 2.20. The normalized spacial score (nSPS) is 22.2. The molecule has 0 aromatic heterocycles. The van der Waals surface area contributed by atoms with Crippen LogP contribution >= 0.6 is 24.8 Å². The minimum Gasteiger partial charge on any atom is -0.325 e. The molecule has 1 saturated heterocycles. The van der Waals surface area contributed by atoms with Crippen molar-refractivity contribution < 1.29 is 0 Å². The van der Waals surface area contributed by atoms with Crippen LogP contribution in [0.15, 0.2) is 0 Å². The van der Waals surface area contributed by atoms with Crippen LogP contribution in [0.4, 0.5) is 0 Å². The fourth-order valence-electron chi connectivity index (χ4n) is 0.998. The first-order chi connectivity index (χ1) is 3.71. The second-order valence-corrected chi connectivity index (χ2v) is 2.90. The molecule has 3 N–H and O–H groups in total. The molecule has 0 aliphatic carbocycles. The van der Waals surface area contributed by atoms with Crippen molar-refractivity contribution in [3.8, 4) is 0 Å². The second kappa shape index (κ2) is 5.19. The lowest BCUT2D eigenvalue weighted by Gasteiger charge is -2.29. The summed E-state index contributed by atoms with van der Waals surface area (Å²) in [5.41, 5.74) is 5.95. The molecule has 0 spiro atoms. The van der Waals surface area contributed by atoms with E-state index < -0.39 is 0 Å². The Morgan fingerprint density at radius 3 is 1.80 bits per heavy atom. The first-order valence-corrected chi connectivity index (χ1v) is 3.20. The maximum absolute atomic E-state index is 5.84. The van der Waals surface area contributed by atoms with Gasteiger partial charge in [0, 0.05) is 5.54 Å². The average Bonchev–Trinajstić information content (AvgIpc) is 1.65. The summed E-state index contributed by atoms with van der Waals surface area (Å²) in [7, 11) is 0. The molecule has 1 fully saturated rings. The summed E-state index contributed by atoms with van der Waals surface area (Å²) in [6, 6.07) is 0. The quantitative estimate of drug-likeness (QED) is 0.592. The van der Waals surface area contributed by atoms with Crippen molar-refractivity contribution in [2.45, 2.75) is 25.3 Å². The molecule has 1 heterocycles. The fraction of sp³-hybridized carbons (Fsp3) is 1.00. The average molecular weight is 187 g/mol. The summed E-state index contributed by atoms with van der Waals surface area (Å²) in [6.07, 6.45) is 2.24. The van der Waals surface area contributed by atoms with E-state index in [2.05, 4.69) is 12.2 Å². The van der Waals surface area contributed by atoms with E-state index in [9.17, 15) is 0 Å². The second-order valence-electron chi connectivity index (χ2n) is 2.90. The van der Waals surface area contributed by atoms with Gasteiger partial charge >= 0.3 is 0 Å². The number of halogens is 2. The summed E-state index contributed by atoms with van der Waals surface area (Å²) in [6.45, 7) is 4.30. The van der Waals surface area contributed by atoms with Crippen LogP contribution in [0.3, 0.4) is 0 Å². The van der Waals surface area contributed by atoms with Crippen LogP contribution in [-0.4, -0.2) is 18.6 Å². The minimum atomic E-state index is 0. The molecule has 0 unspecified atom stereocenters. The van der Waals surface area contributed by atoms with Crippen LogP contribution in [0.1, 0.15) is 19.8 Å². The van der Waals surface area contributed by atoms with Crippen LogP contribution in [0.2, 0.25) is 0 Å². The van der Waals surface area contributed by atoms with Crippen molar-refractivity contribution in [3.05, 3.63) is 0 Å². The number of nitrogens with two attached hydrogens (primary N) is 1. The van der Waals surface area contributed by atoms with Crippen LogP contribution in [-0.2, 0) is 0 Å². The smallest absolute Gasteiger partial charge is 0.0150 e. The van der Waals surface area contributed by atoms with Gasteiger partial charge in [-0.25, -0.2) is 0 Å². The zero-order valence-electron chi connectivity index (χ0n) is 6.22. The van der Waals surface area contributed by atoms with E-state index in [0.29, 0.717) is 0 Å². The Morgan fingerprint density at radius 2 is 1.60 bits per heavy atom. The first-order valence-electron chi connectivity index (χ1n) is 3.20. The van der Waals surface area contributed by atoms with Crippen LogP contribution in [0.5, 0.6) is 0 Å². The van der Waals surface area contributed by atoms with E-state index in [1.54, 1.807) is 0 Å². The van der Waals surface area contributed by atoms with E-state index in [1.165, 1.54) is 0 Å². The number of hydrogen-bond acceptors (Lipinski definition) is 2. The third-order valence-corrected chi connectivity index (χ3v) is 1.75. The van der Waals surface area contributed by atoms with Crippen molar-refractivity contribution >= 4 is 24.8 Å². The molecule has 0 aromatic carbocycles. The third-order valence-electron chi connectivity index (χ3n) is 1.75. The molecule has 2 nitrogen and oxygen atoms in total. The van der Waals surface area contributed by atoms with Gasteiger partial charge in [0.25, 0.3) is 0 Å². The van der Waals surface area contributed by atoms with Crippen molar-refractivity contribution in [3.63, 3.8) is 0 Å². The van der Waals surface area contributed by atoms with Gasteiger partial charge in [-0.1, -0.05) is 0 Å². The molecule has 0 amide bonds. The van der Waals surface area contributed by atoms with E-state index in [1.807, 2.05) is 0 Å². The largest absolute Gasteiger partial charge is 0.325 e. The molecule has 0 bridgehead atoms. The van der Waals surface area contributed by atoms with Gasteiger partial charge in [-0.3, -0.25) is 0 Å². The van der Waals surface area contributed by atoms with Gasteiger partial charge in [0.05, 0.1) is 0 Å². The topological polar surface area (TPSA) is 38.0 Å². The summed E-state index contributed by atoms with van der Waals surface area (Å²) in [4.78, 5) is 0. The standard InChI is InChI=1S/C6H14N2.2ClH/c1-6(7)2-4-8-5-3-6;;/h8H,2-5,7H2,1H3;2*1H. The molecule has 1 aliphatic heterocycles. The van der Waals surface area contributed by atoms with Crippen LogP contribution in [0.25, 0.3) is 0 Å². The van der Waals surface area contributed by atoms with Gasteiger partial charge in [0.15, 0.2) is 0 Å². The van der Waals surface area contributed by atoms with Gasteiger partial charge in [-0.2, -0.15) is 0 Å². The maximum Gasteiger partial charge on any atom is 0.0150 e. The molecular weight excluding hydrogens is 171 g/mol. The number of piperidine rings is 1. The van der Waals surface area contributed by atoms with E-state index in [0.717, 1.165) is 25.9 Å². The molecule has 0 aromatic rings. The van der Waals surface area contributed by atoms with E-state index in [4.69, 9.17) is 5.73 Å². The summed E-state index contributed by atoms with van der Waals surface area (Å²) < 4.78 is 0. The number of rotatable bonds is 0. The lowest BCUT2D eigenvalue weighted by atomic mass is 9.92. The van der Waals surface area contributed by atoms with Crippen LogP contribution < -0.4 is 11.1 Å². The van der Waals surface area contributed by atoms with Gasteiger partial charge in [-0.15, -0.1) is 24.8 Å². The molecule has 0 atom stereocenters. The zero-order chi connectivity index (χ0) is 6.04. The highest BCUT2D eigenvalue weighted by Crippen LogP contribution is 2.11. The van der Waals surface area contributed by atoms with Crippen LogP contribution in [0, 0.1) is 0 Å². The van der Waals surface area contributed by atoms with Gasteiger partial charge in [-0.05, 0) is 32.9 Å². The summed E-state index contributed by atoms with van der Waals surface area (Å²) >= 11 is 0. The Bertz CT molecular complexity index is 77.8. The Labute approximate surface area is 74.8 Å². The van der Waals surface area contributed by atoms with Gasteiger partial charge < -0.3 is 11.1 Å².